The quantitative estimate of drug-likeness (QED) is 0.503. The average molecular weight is 282 g/mol. The highest BCUT2D eigenvalue weighted by molar-refractivity contribution is 7.16. The van der Waals surface area contributed by atoms with Gasteiger partial charge in [-0.3, -0.25) is 9.78 Å². The fourth-order valence-electron chi connectivity index (χ4n) is 2.28. The molecule has 5 nitrogen and oxygen atoms in total. The van der Waals surface area contributed by atoms with Crippen LogP contribution < -0.4 is 5.56 Å². The molecule has 0 saturated carbocycles. The van der Waals surface area contributed by atoms with Crippen LogP contribution in [-0.2, 0) is 6.42 Å². The molecule has 0 fully saturated rings. The van der Waals surface area contributed by atoms with E-state index in [1.165, 1.54) is 15.9 Å². The Labute approximate surface area is 117 Å². The molecular weight excluding hydrogens is 272 g/mol. The molecule has 0 unspecified atom stereocenters. The second-order valence-corrected chi connectivity index (χ2v) is 5.54. The molecule has 0 aliphatic rings. The lowest BCUT2D eigenvalue weighted by Crippen LogP contribution is -2.15. The van der Waals surface area contributed by atoms with E-state index >= 15 is 0 Å². The van der Waals surface area contributed by atoms with Gasteiger partial charge in [-0.25, -0.2) is 4.98 Å². The van der Waals surface area contributed by atoms with Gasteiger partial charge in [0.25, 0.3) is 5.56 Å². The summed E-state index contributed by atoms with van der Waals surface area (Å²) in [7, 11) is 0. The molecule has 3 aromatic heterocycles. The number of fused-ring (bicyclic) bond motifs is 4. The first-order chi connectivity index (χ1) is 9.78. The number of rotatable bonds is 1. The van der Waals surface area contributed by atoms with Gasteiger partial charge in [0.15, 0.2) is 0 Å². The summed E-state index contributed by atoms with van der Waals surface area (Å²) >= 11 is 1.46. The molecule has 0 N–H and O–H groups in total. The van der Waals surface area contributed by atoms with Crippen LogP contribution >= 0.6 is 11.3 Å². The number of hydrogen-bond acceptors (Lipinski definition) is 5. The van der Waals surface area contributed by atoms with Crippen LogP contribution in [0.15, 0.2) is 35.3 Å². The van der Waals surface area contributed by atoms with Crippen LogP contribution in [-0.4, -0.2) is 19.6 Å². The van der Waals surface area contributed by atoms with E-state index in [0.29, 0.717) is 15.9 Å². The lowest BCUT2D eigenvalue weighted by Gasteiger charge is -2.01. The predicted molar refractivity (Wildman–Crippen MR) is 79.3 cm³/mol. The van der Waals surface area contributed by atoms with Crippen molar-refractivity contribution in [2.75, 3.05) is 0 Å². The second kappa shape index (κ2) is 4.08. The first kappa shape index (κ1) is 11.5. The SMILES string of the molecule is CCc1nn2c(=O)c3cnc4ccccc4c3nc2s1. The van der Waals surface area contributed by atoms with Gasteiger partial charge in [0.1, 0.15) is 5.01 Å². The van der Waals surface area contributed by atoms with Crippen molar-refractivity contribution < 1.29 is 0 Å². The maximum absolute atomic E-state index is 12.5. The van der Waals surface area contributed by atoms with E-state index < -0.39 is 0 Å². The van der Waals surface area contributed by atoms with Crippen molar-refractivity contribution in [2.24, 2.45) is 0 Å². The highest BCUT2D eigenvalue weighted by Crippen LogP contribution is 2.21. The zero-order chi connectivity index (χ0) is 13.7. The minimum Gasteiger partial charge on any atom is -0.266 e. The highest BCUT2D eigenvalue weighted by atomic mass is 32.1. The molecule has 4 aromatic rings. The number of benzene rings is 1. The summed E-state index contributed by atoms with van der Waals surface area (Å²) < 4.78 is 1.38. The summed E-state index contributed by atoms with van der Waals surface area (Å²) in [6.45, 7) is 2.01. The summed E-state index contributed by atoms with van der Waals surface area (Å²) in [4.78, 5) is 22.1. The summed E-state index contributed by atoms with van der Waals surface area (Å²) in [5.74, 6) is 0. The van der Waals surface area contributed by atoms with Gasteiger partial charge < -0.3 is 0 Å². The molecule has 0 aliphatic carbocycles. The molecule has 0 saturated heterocycles. The van der Waals surface area contributed by atoms with Crippen LogP contribution in [0.3, 0.4) is 0 Å². The van der Waals surface area contributed by atoms with Gasteiger partial charge in [-0.05, 0) is 12.5 Å². The van der Waals surface area contributed by atoms with Crippen molar-refractivity contribution in [1.29, 1.82) is 0 Å². The normalized spacial score (nSPS) is 11.7. The zero-order valence-electron chi connectivity index (χ0n) is 10.7. The molecule has 20 heavy (non-hydrogen) atoms. The molecule has 0 bridgehead atoms. The minimum absolute atomic E-state index is 0.154. The molecule has 6 heteroatoms. The molecule has 0 spiro atoms. The van der Waals surface area contributed by atoms with Crippen molar-refractivity contribution in [2.45, 2.75) is 13.3 Å². The molecule has 0 radical (unpaired) electrons. The van der Waals surface area contributed by atoms with E-state index in [9.17, 15) is 4.79 Å². The molecule has 0 atom stereocenters. The van der Waals surface area contributed by atoms with E-state index in [1.807, 2.05) is 31.2 Å². The Kier molecular flexibility index (Phi) is 2.34. The Bertz CT molecular complexity index is 1020. The Morgan fingerprint density at radius 3 is 2.95 bits per heavy atom. The molecule has 4 rings (SSSR count). The summed E-state index contributed by atoms with van der Waals surface area (Å²) in [6, 6.07) is 7.71. The largest absolute Gasteiger partial charge is 0.284 e. The Hall–Kier alpha value is -2.34. The third-order valence-corrected chi connectivity index (χ3v) is 4.33. The maximum atomic E-state index is 12.5. The molecular formula is C14H10N4OS. The van der Waals surface area contributed by atoms with E-state index in [4.69, 9.17) is 0 Å². The number of para-hydroxylation sites is 1. The first-order valence-corrected chi connectivity index (χ1v) is 7.16. The third kappa shape index (κ3) is 1.48. The maximum Gasteiger partial charge on any atom is 0.284 e. The van der Waals surface area contributed by atoms with E-state index in [-0.39, 0.29) is 5.56 Å². The molecule has 1 aromatic carbocycles. The molecule has 98 valence electrons. The fraction of sp³-hybridized carbons (Fsp3) is 0.143. The number of pyridine rings is 1. The van der Waals surface area contributed by atoms with Gasteiger partial charge in [0, 0.05) is 11.6 Å². The van der Waals surface area contributed by atoms with Gasteiger partial charge >= 0.3 is 0 Å². The summed E-state index contributed by atoms with van der Waals surface area (Å²) in [5.41, 5.74) is 1.39. The Morgan fingerprint density at radius 2 is 2.10 bits per heavy atom. The van der Waals surface area contributed by atoms with E-state index in [0.717, 1.165) is 22.3 Å². The van der Waals surface area contributed by atoms with Gasteiger partial charge in [-0.15, -0.1) is 0 Å². The van der Waals surface area contributed by atoms with E-state index in [1.54, 1.807) is 6.20 Å². The standard InChI is InChI=1S/C14H10N4OS/c1-2-11-17-18-13(19)9-7-15-10-6-4-3-5-8(10)12(9)16-14(18)20-11/h3-7H,2H2,1H3. The fourth-order valence-corrected chi connectivity index (χ4v) is 3.11. The van der Waals surface area contributed by atoms with Crippen molar-refractivity contribution in [3.8, 4) is 0 Å². The van der Waals surface area contributed by atoms with E-state index in [2.05, 4.69) is 15.1 Å². The van der Waals surface area contributed by atoms with Gasteiger partial charge in [0.05, 0.1) is 16.4 Å². The molecule has 0 amide bonds. The lowest BCUT2D eigenvalue weighted by molar-refractivity contribution is 0.870. The van der Waals surface area contributed by atoms with Crippen LogP contribution in [0.25, 0.3) is 26.8 Å². The summed E-state index contributed by atoms with van der Waals surface area (Å²) in [5, 5.41) is 6.61. The Balaban J connectivity index is 2.27. The van der Waals surface area contributed by atoms with Crippen LogP contribution in [0.1, 0.15) is 11.9 Å². The predicted octanol–water partition coefficient (Wildman–Crippen LogP) is 2.41. The third-order valence-electron chi connectivity index (χ3n) is 3.28. The number of aromatic nitrogens is 4. The van der Waals surface area contributed by atoms with Crippen LogP contribution in [0.2, 0.25) is 0 Å². The number of hydrogen-bond donors (Lipinski definition) is 0. The van der Waals surface area contributed by atoms with Crippen molar-refractivity contribution in [3.63, 3.8) is 0 Å². The Morgan fingerprint density at radius 1 is 1.25 bits per heavy atom. The molecule has 3 heterocycles. The topological polar surface area (TPSA) is 60.2 Å². The van der Waals surface area contributed by atoms with Gasteiger partial charge in [0.2, 0.25) is 4.96 Å². The first-order valence-electron chi connectivity index (χ1n) is 6.34. The van der Waals surface area contributed by atoms with Crippen molar-refractivity contribution in [3.05, 3.63) is 45.8 Å². The van der Waals surface area contributed by atoms with Crippen molar-refractivity contribution in [1.82, 2.24) is 19.6 Å². The van der Waals surface area contributed by atoms with Gasteiger partial charge in [-0.2, -0.15) is 9.61 Å². The number of nitrogens with zero attached hydrogens (tertiary/aromatic N) is 4. The van der Waals surface area contributed by atoms with Gasteiger partial charge in [-0.1, -0.05) is 36.5 Å². The second-order valence-electron chi connectivity index (χ2n) is 4.50. The van der Waals surface area contributed by atoms with Crippen LogP contribution in [0, 0.1) is 0 Å². The molecule has 0 aliphatic heterocycles. The minimum atomic E-state index is -0.154. The highest BCUT2D eigenvalue weighted by Gasteiger charge is 2.12. The monoisotopic (exact) mass is 282 g/mol. The van der Waals surface area contributed by atoms with Crippen molar-refractivity contribution >= 4 is 38.1 Å². The van der Waals surface area contributed by atoms with Crippen LogP contribution in [0.5, 0.6) is 0 Å². The van der Waals surface area contributed by atoms with Crippen LogP contribution in [0.4, 0.5) is 0 Å². The smallest absolute Gasteiger partial charge is 0.266 e. The average Bonchev–Trinajstić information content (AvgIpc) is 2.91. The summed E-state index contributed by atoms with van der Waals surface area (Å²) in [6.07, 6.45) is 2.38. The zero-order valence-corrected chi connectivity index (χ0v) is 11.5. The lowest BCUT2D eigenvalue weighted by atomic mass is 10.1. The number of aryl methyl sites for hydroxylation is 1.